The summed E-state index contributed by atoms with van der Waals surface area (Å²) in [5, 5.41) is 2.32. The summed E-state index contributed by atoms with van der Waals surface area (Å²) >= 11 is 1.32. The lowest BCUT2D eigenvalue weighted by molar-refractivity contribution is -0.115. The van der Waals surface area contributed by atoms with E-state index in [0.717, 1.165) is 11.3 Å². The van der Waals surface area contributed by atoms with Gasteiger partial charge in [0.05, 0.1) is 23.6 Å². The van der Waals surface area contributed by atoms with Crippen LogP contribution in [0.2, 0.25) is 0 Å². The molecule has 0 bridgehead atoms. The molecule has 0 radical (unpaired) electrons. The molecule has 7 heteroatoms. The van der Waals surface area contributed by atoms with Crippen LogP contribution in [0.4, 0.5) is 10.8 Å². The smallest absolute Gasteiger partial charge is 0.338 e. The van der Waals surface area contributed by atoms with Crippen molar-refractivity contribution in [1.82, 2.24) is 4.98 Å². The minimum atomic E-state index is -0.426. The maximum Gasteiger partial charge on any atom is 0.338 e. The van der Waals surface area contributed by atoms with Gasteiger partial charge in [-0.25, -0.2) is 9.78 Å². The molecule has 0 fully saturated rings. The number of methoxy groups -OCH3 is 1. The molecule has 0 spiro atoms. The Bertz CT molecular complexity index is 939. The van der Waals surface area contributed by atoms with Crippen LogP contribution in [-0.2, 0) is 27.5 Å². The van der Waals surface area contributed by atoms with Crippen molar-refractivity contribution in [2.75, 3.05) is 12.0 Å². The molecule has 0 N–H and O–H groups in total. The number of rotatable bonds is 7. The van der Waals surface area contributed by atoms with Crippen LogP contribution < -0.4 is 4.90 Å². The number of carbonyl (C=O) groups excluding carboxylic acids is 2. The van der Waals surface area contributed by atoms with E-state index in [1.165, 1.54) is 23.2 Å². The van der Waals surface area contributed by atoms with Gasteiger partial charge in [0.1, 0.15) is 6.61 Å². The Labute approximate surface area is 167 Å². The largest absolute Gasteiger partial charge is 0.456 e. The Hall–Kier alpha value is -3.03. The number of hydrogen-bond donors (Lipinski definition) is 0. The molecule has 2 aromatic carbocycles. The first-order chi connectivity index (χ1) is 13.6. The van der Waals surface area contributed by atoms with E-state index in [2.05, 4.69) is 4.98 Å². The first-order valence-corrected chi connectivity index (χ1v) is 9.51. The summed E-state index contributed by atoms with van der Waals surface area (Å²) in [5.41, 5.74) is 2.77. The molecule has 0 saturated heterocycles. The van der Waals surface area contributed by atoms with Gasteiger partial charge in [0.25, 0.3) is 0 Å². The summed E-state index contributed by atoms with van der Waals surface area (Å²) in [6.07, 6.45) is 0. The molecule has 28 heavy (non-hydrogen) atoms. The van der Waals surface area contributed by atoms with Gasteiger partial charge in [-0.05, 0) is 29.8 Å². The van der Waals surface area contributed by atoms with E-state index in [1.54, 1.807) is 24.6 Å². The highest BCUT2D eigenvalue weighted by Gasteiger charge is 2.18. The molecule has 3 aromatic rings. The summed E-state index contributed by atoms with van der Waals surface area (Å²) in [6.45, 7) is 2.02. The molecule has 0 aliphatic heterocycles. The van der Waals surface area contributed by atoms with Gasteiger partial charge >= 0.3 is 5.97 Å². The van der Waals surface area contributed by atoms with Gasteiger partial charge < -0.3 is 9.47 Å². The molecule has 0 unspecified atom stereocenters. The van der Waals surface area contributed by atoms with Gasteiger partial charge in [0.2, 0.25) is 5.91 Å². The predicted molar refractivity (Wildman–Crippen MR) is 108 cm³/mol. The summed E-state index contributed by atoms with van der Waals surface area (Å²) in [6, 6.07) is 16.4. The average Bonchev–Trinajstić information content (AvgIpc) is 3.16. The number of nitrogens with zero attached hydrogens (tertiary/aromatic N) is 2. The van der Waals surface area contributed by atoms with E-state index < -0.39 is 5.97 Å². The number of carbonyl (C=O) groups is 2. The van der Waals surface area contributed by atoms with Crippen molar-refractivity contribution in [2.24, 2.45) is 0 Å². The number of amides is 1. The van der Waals surface area contributed by atoms with Gasteiger partial charge in [-0.3, -0.25) is 9.69 Å². The van der Waals surface area contributed by atoms with Crippen molar-refractivity contribution < 1.29 is 19.1 Å². The van der Waals surface area contributed by atoms with Crippen LogP contribution in [0, 0.1) is 0 Å². The summed E-state index contributed by atoms with van der Waals surface area (Å²) in [7, 11) is 1.62. The number of anilines is 2. The number of esters is 1. The highest BCUT2D eigenvalue weighted by Crippen LogP contribution is 2.28. The molecule has 1 amide bonds. The van der Waals surface area contributed by atoms with Crippen molar-refractivity contribution in [3.05, 3.63) is 76.8 Å². The molecule has 3 rings (SSSR count). The maximum absolute atomic E-state index is 12.2. The van der Waals surface area contributed by atoms with Gasteiger partial charge in [0.15, 0.2) is 5.13 Å². The summed E-state index contributed by atoms with van der Waals surface area (Å²) < 4.78 is 10.4. The van der Waals surface area contributed by atoms with Crippen LogP contribution in [0.15, 0.2) is 60.0 Å². The third kappa shape index (κ3) is 4.82. The van der Waals surface area contributed by atoms with Crippen LogP contribution in [0.1, 0.15) is 28.5 Å². The second-order valence-electron chi connectivity index (χ2n) is 6.02. The quantitative estimate of drug-likeness (QED) is 0.556. The Morgan fingerprint density at radius 2 is 1.75 bits per heavy atom. The highest BCUT2D eigenvalue weighted by atomic mass is 32.1. The molecule has 0 aliphatic carbocycles. The molecule has 0 atom stereocenters. The normalized spacial score (nSPS) is 10.5. The maximum atomic E-state index is 12.2. The fourth-order valence-corrected chi connectivity index (χ4v) is 3.47. The van der Waals surface area contributed by atoms with Crippen molar-refractivity contribution >= 4 is 34.0 Å². The molecular formula is C21H20N2O4S. The van der Waals surface area contributed by atoms with Crippen LogP contribution in [0.3, 0.4) is 0 Å². The van der Waals surface area contributed by atoms with Crippen molar-refractivity contribution in [1.29, 1.82) is 0 Å². The lowest BCUT2D eigenvalue weighted by Gasteiger charge is -2.17. The fraction of sp³-hybridized carbons (Fsp3) is 0.190. The van der Waals surface area contributed by atoms with Gasteiger partial charge in [-0.15, -0.1) is 11.3 Å². The second kappa shape index (κ2) is 9.25. The predicted octanol–water partition coefficient (Wildman–Crippen LogP) is 4.33. The third-order valence-corrected chi connectivity index (χ3v) is 4.79. The lowest BCUT2D eigenvalue weighted by Crippen LogP contribution is -2.22. The standard InChI is InChI=1S/C21H20N2O4S/c1-15(24)23(19-6-4-3-5-7-19)21-22-18(14-28-21)13-27-20(25)17-10-8-16(9-11-17)12-26-2/h3-11,14H,12-13H2,1-2H3. The molecule has 0 aliphatic rings. The van der Waals surface area contributed by atoms with E-state index in [9.17, 15) is 9.59 Å². The first kappa shape index (κ1) is 19.7. The number of benzene rings is 2. The third-order valence-electron chi connectivity index (χ3n) is 3.91. The topological polar surface area (TPSA) is 68.7 Å². The van der Waals surface area contributed by atoms with Crippen LogP contribution >= 0.6 is 11.3 Å². The minimum absolute atomic E-state index is 0.0374. The van der Waals surface area contributed by atoms with Crippen LogP contribution in [0.25, 0.3) is 0 Å². The van der Waals surface area contributed by atoms with Crippen molar-refractivity contribution in [3.8, 4) is 0 Å². The highest BCUT2D eigenvalue weighted by molar-refractivity contribution is 7.14. The van der Waals surface area contributed by atoms with E-state index in [0.29, 0.717) is 23.0 Å². The first-order valence-electron chi connectivity index (χ1n) is 8.63. The van der Waals surface area contributed by atoms with E-state index in [4.69, 9.17) is 9.47 Å². The Morgan fingerprint density at radius 3 is 2.39 bits per heavy atom. The van der Waals surface area contributed by atoms with Crippen molar-refractivity contribution in [3.63, 3.8) is 0 Å². The Balaban J connectivity index is 1.65. The lowest BCUT2D eigenvalue weighted by atomic mass is 10.1. The second-order valence-corrected chi connectivity index (χ2v) is 6.85. The van der Waals surface area contributed by atoms with E-state index in [1.807, 2.05) is 42.5 Å². The minimum Gasteiger partial charge on any atom is -0.456 e. The number of aromatic nitrogens is 1. The van der Waals surface area contributed by atoms with Gasteiger partial charge in [-0.2, -0.15) is 0 Å². The SMILES string of the molecule is COCc1ccc(C(=O)OCc2csc(N(C(C)=O)c3ccccc3)n2)cc1. The molecule has 1 heterocycles. The van der Waals surface area contributed by atoms with E-state index >= 15 is 0 Å². The molecule has 0 saturated carbocycles. The van der Waals surface area contributed by atoms with E-state index in [-0.39, 0.29) is 12.5 Å². The molecular weight excluding hydrogens is 376 g/mol. The number of thiazole rings is 1. The number of ether oxygens (including phenoxy) is 2. The monoisotopic (exact) mass is 396 g/mol. The Kier molecular flexibility index (Phi) is 6.52. The molecule has 6 nitrogen and oxygen atoms in total. The average molecular weight is 396 g/mol. The molecule has 144 valence electrons. The zero-order valence-corrected chi connectivity index (χ0v) is 16.4. The zero-order valence-electron chi connectivity index (χ0n) is 15.6. The zero-order chi connectivity index (χ0) is 19.9. The number of para-hydroxylation sites is 1. The Morgan fingerprint density at radius 1 is 1.04 bits per heavy atom. The molecule has 1 aromatic heterocycles. The van der Waals surface area contributed by atoms with Gasteiger partial charge in [0, 0.05) is 19.4 Å². The van der Waals surface area contributed by atoms with Gasteiger partial charge in [-0.1, -0.05) is 30.3 Å². The van der Waals surface area contributed by atoms with Crippen LogP contribution in [-0.4, -0.2) is 24.0 Å². The summed E-state index contributed by atoms with van der Waals surface area (Å²) in [5.74, 6) is -0.565. The fourth-order valence-electron chi connectivity index (χ4n) is 2.60. The van der Waals surface area contributed by atoms with Crippen molar-refractivity contribution in [2.45, 2.75) is 20.1 Å². The summed E-state index contributed by atoms with van der Waals surface area (Å²) in [4.78, 5) is 30.3. The van der Waals surface area contributed by atoms with Crippen LogP contribution in [0.5, 0.6) is 0 Å². The number of hydrogen-bond acceptors (Lipinski definition) is 6.